The van der Waals surface area contributed by atoms with E-state index in [9.17, 15) is 0 Å². The van der Waals surface area contributed by atoms with Crippen molar-refractivity contribution in [3.05, 3.63) is 40.7 Å². The Morgan fingerprint density at radius 2 is 1.79 bits per heavy atom. The Morgan fingerprint density at radius 1 is 1.12 bits per heavy atom. The number of nitrogens with two attached hydrogens (primary N) is 1. The van der Waals surface area contributed by atoms with Crippen LogP contribution in [0.3, 0.4) is 0 Å². The predicted octanol–water partition coefficient (Wildman–Crippen LogP) is 4.03. The van der Waals surface area contributed by atoms with Crippen molar-refractivity contribution in [2.24, 2.45) is 17.8 Å². The van der Waals surface area contributed by atoms with Crippen LogP contribution in [0.4, 0.5) is 5.95 Å². The first-order valence-electron chi connectivity index (χ1n) is 9.03. The SMILES string of the molecule is Nc1ncn(Cc2ccc(C34CC5CC(CC(C5)C3)C4)cc2Cl)n1. The van der Waals surface area contributed by atoms with E-state index in [-0.39, 0.29) is 0 Å². The Morgan fingerprint density at radius 3 is 2.33 bits per heavy atom. The van der Waals surface area contributed by atoms with Gasteiger partial charge in [-0.15, -0.1) is 5.10 Å². The third-order valence-electron chi connectivity index (χ3n) is 6.59. The lowest BCUT2D eigenvalue weighted by molar-refractivity contribution is -0.00519. The van der Waals surface area contributed by atoms with Gasteiger partial charge in [-0.05, 0) is 78.9 Å². The second-order valence-corrected chi connectivity index (χ2v) is 8.71. The fourth-order valence-corrected chi connectivity index (χ4v) is 6.27. The van der Waals surface area contributed by atoms with Crippen molar-refractivity contribution in [3.8, 4) is 0 Å². The van der Waals surface area contributed by atoms with Crippen molar-refractivity contribution in [1.29, 1.82) is 0 Å². The van der Waals surface area contributed by atoms with Crippen molar-refractivity contribution in [2.75, 3.05) is 5.73 Å². The monoisotopic (exact) mass is 342 g/mol. The van der Waals surface area contributed by atoms with Crippen LogP contribution in [-0.4, -0.2) is 14.8 Å². The van der Waals surface area contributed by atoms with E-state index >= 15 is 0 Å². The second-order valence-electron chi connectivity index (χ2n) is 8.30. The van der Waals surface area contributed by atoms with Gasteiger partial charge in [0.1, 0.15) is 6.33 Å². The highest BCUT2D eigenvalue weighted by molar-refractivity contribution is 6.31. The van der Waals surface area contributed by atoms with Crippen LogP contribution in [-0.2, 0) is 12.0 Å². The maximum atomic E-state index is 6.63. The molecule has 0 unspecified atom stereocenters. The molecule has 4 saturated carbocycles. The normalized spacial score (nSPS) is 34.0. The first kappa shape index (κ1) is 14.8. The molecule has 1 aromatic heterocycles. The lowest BCUT2D eigenvalue weighted by Gasteiger charge is -2.57. The summed E-state index contributed by atoms with van der Waals surface area (Å²) in [7, 11) is 0. The third-order valence-corrected chi connectivity index (χ3v) is 6.94. The average molecular weight is 343 g/mol. The molecule has 0 radical (unpaired) electrons. The molecule has 4 bridgehead atoms. The van der Waals surface area contributed by atoms with Crippen LogP contribution >= 0.6 is 11.6 Å². The summed E-state index contributed by atoms with van der Waals surface area (Å²) in [4.78, 5) is 3.97. The molecule has 4 nitrogen and oxygen atoms in total. The van der Waals surface area contributed by atoms with Gasteiger partial charge in [-0.3, -0.25) is 0 Å². The minimum absolute atomic E-state index is 0.302. The number of halogens is 1. The minimum Gasteiger partial charge on any atom is -0.367 e. The maximum Gasteiger partial charge on any atom is 0.239 e. The zero-order chi connectivity index (χ0) is 16.3. The summed E-state index contributed by atoms with van der Waals surface area (Å²) in [6, 6.07) is 6.72. The molecule has 4 fully saturated rings. The topological polar surface area (TPSA) is 56.7 Å². The zero-order valence-electron chi connectivity index (χ0n) is 13.8. The van der Waals surface area contributed by atoms with Crippen LogP contribution in [0.1, 0.15) is 49.7 Å². The molecule has 4 aliphatic rings. The van der Waals surface area contributed by atoms with Gasteiger partial charge < -0.3 is 5.73 Å². The van der Waals surface area contributed by atoms with Gasteiger partial charge >= 0.3 is 0 Å². The molecule has 4 aliphatic carbocycles. The van der Waals surface area contributed by atoms with Crippen LogP contribution in [0.5, 0.6) is 0 Å². The van der Waals surface area contributed by atoms with E-state index in [1.54, 1.807) is 11.0 Å². The number of rotatable bonds is 3. The van der Waals surface area contributed by atoms with Crippen LogP contribution in [0.2, 0.25) is 5.02 Å². The standard InChI is InChI=1S/C19H23ClN4/c20-17-6-16(2-1-15(17)10-24-11-22-18(21)23-24)19-7-12-3-13(8-19)5-14(4-12)9-19/h1-2,6,11-14H,3-5,7-10H2,(H2,21,23). The maximum absolute atomic E-state index is 6.63. The molecule has 0 amide bonds. The summed E-state index contributed by atoms with van der Waals surface area (Å²) in [5, 5.41) is 4.99. The third kappa shape index (κ3) is 2.34. The number of hydrogen-bond acceptors (Lipinski definition) is 3. The largest absolute Gasteiger partial charge is 0.367 e. The molecule has 0 aliphatic heterocycles. The Hall–Kier alpha value is -1.55. The Kier molecular flexibility index (Phi) is 3.21. The number of aromatic nitrogens is 3. The average Bonchev–Trinajstić information content (AvgIpc) is 2.93. The summed E-state index contributed by atoms with van der Waals surface area (Å²) in [5.41, 5.74) is 8.53. The van der Waals surface area contributed by atoms with E-state index in [0.29, 0.717) is 17.9 Å². The molecule has 5 heteroatoms. The van der Waals surface area contributed by atoms with Crippen molar-refractivity contribution in [1.82, 2.24) is 14.8 Å². The lowest BCUT2D eigenvalue weighted by atomic mass is 9.48. The molecule has 0 saturated heterocycles. The highest BCUT2D eigenvalue weighted by Gasteiger charge is 2.51. The number of benzene rings is 1. The molecule has 0 atom stereocenters. The fraction of sp³-hybridized carbons (Fsp3) is 0.579. The van der Waals surface area contributed by atoms with Crippen LogP contribution in [0.15, 0.2) is 24.5 Å². The van der Waals surface area contributed by atoms with Gasteiger partial charge in [0, 0.05) is 5.02 Å². The fourth-order valence-electron chi connectivity index (χ4n) is 6.03. The lowest BCUT2D eigenvalue weighted by Crippen LogP contribution is -2.48. The molecule has 2 N–H and O–H groups in total. The quantitative estimate of drug-likeness (QED) is 0.916. The van der Waals surface area contributed by atoms with E-state index in [0.717, 1.165) is 28.3 Å². The molecule has 2 aromatic rings. The first-order valence-corrected chi connectivity index (χ1v) is 9.41. The summed E-state index contributed by atoms with van der Waals surface area (Å²) >= 11 is 6.63. The van der Waals surface area contributed by atoms with E-state index in [2.05, 4.69) is 28.3 Å². The molecule has 24 heavy (non-hydrogen) atoms. The summed E-state index contributed by atoms with van der Waals surface area (Å²) in [6.45, 7) is 0.615. The summed E-state index contributed by atoms with van der Waals surface area (Å²) < 4.78 is 1.74. The highest BCUT2D eigenvalue weighted by atomic mass is 35.5. The Balaban J connectivity index is 1.44. The summed E-state index contributed by atoms with van der Waals surface area (Å²) in [5.74, 6) is 3.16. The summed E-state index contributed by atoms with van der Waals surface area (Å²) in [6.07, 6.45) is 10.2. The van der Waals surface area contributed by atoms with Gasteiger partial charge in [-0.1, -0.05) is 23.7 Å². The highest BCUT2D eigenvalue weighted by Crippen LogP contribution is 2.60. The number of anilines is 1. The molecule has 6 rings (SSSR count). The van der Waals surface area contributed by atoms with Gasteiger partial charge in [0.25, 0.3) is 0 Å². The van der Waals surface area contributed by atoms with Crippen molar-refractivity contribution < 1.29 is 0 Å². The van der Waals surface area contributed by atoms with Gasteiger partial charge in [-0.2, -0.15) is 0 Å². The molecule has 0 spiro atoms. The first-order chi connectivity index (χ1) is 11.6. The van der Waals surface area contributed by atoms with Crippen molar-refractivity contribution in [3.63, 3.8) is 0 Å². The van der Waals surface area contributed by atoms with Gasteiger partial charge in [0.2, 0.25) is 5.95 Å². The van der Waals surface area contributed by atoms with Gasteiger partial charge in [0.05, 0.1) is 6.54 Å². The van der Waals surface area contributed by atoms with Crippen LogP contribution < -0.4 is 5.73 Å². The molecule has 126 valence electrons. The second kappa shape index (κ2) is 5.22. The number of nitrogens with zero attached hydrogens (tertiary/aromatic N) is 3. The number of hydrogen-bond donors (Lipinski definition) is 1. The van der Waals surface area contributed by atoms with Crippen molar-refractivity contribution >= 4 is 17.5 Å². The minimum atomic E-state index is 0.302. The molecule has 1 aromatic carbocycles. The molecular weight excluding hydrogens is 320 g/mol. The van der Waals surface area contributed by atoms with Crippen LogP contribution in [0, 0.1) is 17.8 Å². The van der Waals surface area contributed by atoms with Crippen LogP contribution in [0.25, 0.3) is 0 Å². The van der Waals surface area contributed by atoms with E-state index in [4.69, 9.17) is 17.3 Å². The number of nitrogen functional groups attached to an aromatic ring is 1. The van der Waals surface area contributed by atoms with E-state index in [1.165, 1.54) is 44.1 Å². The smallest absolute Gasteiger partial charge is 0.239 e. The molecule has 1 heterocycles. The Bertz CT molecular complexity index is 746. The zero-order valence-corrected chi connectivity index (χ0v) is 14.5. The molecular formula is C19H23ClN4. The van der Waals surface area contributed by atoms with Gasteiger partial charge in [-0.25, -0.2) is 9.67 Å². The van der Waals surface area contributed by atoms with E-state index < -0.39 is 0 Å². The van der Waals surface area contributed by atoms with Crippen molar-refractivity contribution in [2.45, 2.75) is 50.5 Å². The van der Waals surface area contributed by atoms with E-state index in [1.807, 2.05) is 0 Å². The predicted molar refractivity (Wildman–Crippen MR) is 94.8 cm³/mol. The van der Waals surface area contributed by atoms with Gasteiger partial charge in [0.15, 0.2) is 0 Å². The Labute approximate surface area is 147 Å².